The second kappa shape index (κ2) is 4.57. The fourth-order valence-corrected chi connectivity index (χ4v) is 3.96. The lowest BCUT2D eigenvalue weighted by atomic mass is 10.1. The van der Waals surface area contributed by atoms with E-state index in [9.17, 15) is 21.9 Å². The number of hydrogen-bond donors (Lipinski definition) is 3. The van der Waals surface area contributed by atoms with Crippen molar-refractivity contribution in [3.05, 3.63) is 29.3 Å². The summed E-state index contributed by atoms with van der Waals surface area (Å²) in [5, 5.41) is 9.78. The van der Waals surface area contributed by atoms with Gasteiger partial charge in [0, 0.05) is 5.39 Å². The summed E-state index contributed by atoms with van der Waals surface area (Å²) < 4.78 is 63.0. The minimum atomic E-state index is -5.10. The van der Waals surface area contributed by atoms with Crippen LogP contribution >= 0.6 is 11.6 Å². The standard InChI is InChI=1S/C10H7ClO7S2/c11-6-3-1-2-5-4-7(19(13,14)15)10(20(16,17)18)9(12)8(5)6/h1-4,12H,(H,13,14,15)(H,16,17,18). The highest BCUT2D eigenvalue weighted by Gasteiger charge is 2.30. The van der Waals surface area contributed by atoms with Crippen LogP contribution in [0.15, 0.2) is 34.1 Å². The third kappa shape index (κ3) is 2.45. The van der Waals surface area contributed by atoms with Crippen molar-refractivity contribution in [2.75, 3.05) is 0 Å². The van der Waals surface area contributed by atoms with Crippen LogP contribution in [-0.4, -0.2) is 31.0 Å². The molecular formula is C10H7ClO7S2. The van der Waals surface area contributed by atoms with Gasteiger partial charge in [0.2, 0.25) is 0 Å². The Kier molecular flexibility index (Phi) is 3.43. The van der Waals surface area contributed by atoms with E-state index in [-0.39, 0.29) is 15.8 Å². The number of hydrogen-bond acceptors (Lipinski definition) is 5. The van der Waals surface area contributed by atoms with E-state index in [4.69, 9.17) is 20.7 Å². The predicted molar refractivity (Wildman–Crippen MR) is 70.3 cm³/mol. The Bertz CT molecular complexity index is 916. The fourth-order valence-electron chi connectivity index (χ4n) is 1.79. The molecule has 10 heteroatoms. The minimum absolute atomic E-state index is 0.0493. The van der Waals surface area contributed by atoms with Crippen molar-refractivity contribution >= 4 is 42.6 Å². The molecule has 0 saturated heterocycles. The zero-order valence-corrected chi connectivity index (χ0v) is 11.9. The minimum Gasteiger partial charge on any atom is -0.506 e. The van der Waals surface area contributed by atoms with Crippen LogP contribution < -0.4 is 0 Å². The number of aromatic hydroxyl groups is 1. The van der Waals surface area contributed by atoms with E-state index in [2.05, 4.69) is 0 Å². The molecule has 108 valence electrons. The zero-order chi connectivity index (χ0) is 15.3. The second-order valence-electron chi connectivity index (χ2n) is 3.84. The molecule has 0 bridgehead atoms. The summed E-state index contributed by atoms with van der Waals surface area (Å²) in [7, 11) is -10.1. The smallest absolute Gasteiger partial charge is 0.299 e. The molecule has 20 heavy (non-hydrogen) atoms. The van der Waals surface area contributed by atoms with Crippen molar-refractivity contribution in [1.82, 2.24) is 0 Å². The summed E-state index contributed by atoms with van der Waals surface area (Å²) in [5.41, 5.74) is 0. The van der Waals surface area contributed by atoms with Gasteiger partial charge in [-0.15, -0.1) is 0 Å². The second-order valence-corrected chi connectivity index (χ2v) is 7.00. The fraction of sp³-hybridized carbons (Fsp3) is 0. The van der Waals surface area contributed by atoms with Gasteiger partial charge in [0.25, 0.3) is 20.2 Å². The van der Waals surface area contributed by atoms with Crippen molar-refractivity contribution < 1.29 is 31.0 Å². The van der Waals surface area contributed by atoms with Gasteiger partial charge < -0.3 is 5.11 Å². The lowest BCUT2D eigenvalue weighted by Gasteiger charge is -2.11. The topological polar surface area (TPSA) is 129 Å². The van der Waals surface area contributed by atoms with Gasteiger partial charge in [-0.05, 0) is 17.5 Å². The van der Waals surface area contributed by atoms with Gasteiger partial charge in [0.15, 0.2) is 4.90 Å². The molecule has 0 aliphatic rings. The molecule has 2 aromatic rings. The molecule has 2 aromatic carbocycles. The van der Waals surface area contributed by atoms with Crippen LogP contribution in [0.1, 0.15) is 0 Å². The van der Waals surface area contributed by atoms with Crippen molar-refractivity contribution in [2.24, 2.45) is 0 Å². The number of phenols is 1. The first-order chi connectivity index (χ1) is 9.03. The third-order valence-corrected chi connectivity index (χ3v) is 4.80. The Balaban J connectivity index is 3.17. The van der Waals surface area contributed by atoms with E-state index in [0.29, 0.717) is 0 Å². The summed E-state index contributed by atoms with van der Waals surface area (Å²) >= 11 is 5.80. The summed E-state index contributed by atoms with van der Waals surface area (Å²) in [5.74, 6) is -1.05. The maximum absolute atomic E-state index is 11.3. The summed E-state index contributed by atoms with van der Waals surface area (Å²) in [6.07, 6.45) is 0. The summed E-state index contributed by atoms with van der Waals surface area (Å²) in [6, 6.07) is 4.91. The van der Waals surface area contributed by atoms with Crippen LogP contribution in [0.3, 0.4) is 0 Å². The molecule has 0 saturated carbocycles. The maximum atomic E-state index is 11.3. The third-order valence-electron chi connectivity index (χ3n) is 2.54. The van der Waals surface area contributed by atoms with Crippen LogP contribution in [0, 0.1) is 0 Å². The molecule has 0 amide bonds. The molecule has 0 aromatic heterocycles. The Hall–Kier alpha value is -1.39. The molecule has 0 unspecified atom stereocenters. The highest BCUT2D eigenvalue weighted by atomic mass is 35.5. The molecule has 0 aliphatic heterocycles. The first-order valence-electron chi connectivity index (χ1n) is 4.92. The Morgan fingerprint density at radius 1 is 1.00 bits per heavy atom. The normalized spacial score (nSPS) is 12.8. The average molecular weight is 339 g/mol. The van der Waals surface area contributed by atoms with Crippen molar-refractivity contribution in [1.29, 1.82) is 0 Å². The van der Waals surface area contributed by atoms with E-state index in [1.807, 2.05) is 0 Å². The molecule has 0 radical (unpaired) electrons. The van der Waals surface area contributed by atoms with E-state index in [0.717, 1.165) is 6.07 Å². The van der Waals surface area contributed by atoms with Crippen LogP contribution in [0.25, 0.3) is 10.8 Å². The van der Waals surface area contributed by atoms with Crippen molar-refractivity contribution in [3.8, 4) is 5.75 Å². The Labute approximate surface area is 118 Å². The van der Waals surface area contributed by atoms with Gasteiger partial charge in [0.1, 0.15) is 10.6 Å². The van der Waals surface area contributed by atoms with Gasteiger partial charge in [-0.1, -0.05) is 23.7 Å². The van der Waals surface area contributed by atoms with E-state index in [1.165, 1.54) is 18.2 Å². The monoisotopic (exact) mass is 338 g/mol. The molecule has 0 fully saturated rings. The molecule has 0 atom stereocenters. The van der Waals surface area contributed by atoms with Crippen LogP contribution in [0.5, 0.6) is 5.75 Å². The van der Waals surface area contributed by atoms with Crippen molar-refractivity contribution in [3.63, 3.8) is 0 Å². The molecule has 7 nitrogen and oxygen atoms in total. The van der Waals surface area contributed by atoms with E-state index in [1.54, 1.807) is 0 Å². The van der Waals surface area contributed by atoms with Gasteiger partial charge >= 0.3 is 0 Å². The summed E-state index contributed by atoms with van der Waals surface area (Å²) in [6.45, 7) is 0. The zero-order valence-electron chi connectivity index (χ0n) is 9.48. The molecular weight excluding hydrogens is 332 g/mol. The lowest BCUT2D eigenvalue weighted by Crippen LogP contribution is -2.09. The number of halogens is 1. The Morgan fingerprint density at radius 3 is 2.10 bits per heavy atom. The lowest BCUT2D eigenvalue weighted by molar-refractivity contribution is 0.435. The highest BCUT2D eigenvalue weighted by Crippen LogP contribution is 2.40. The maximum Gasteiger partial charge on any atom is 0.299 e. The SMILES string of the molecule is O=S(=O)(O)c1cc2cccc(Cl)c2c(O)c1S(=O)(=O)O. The van der Waals surface area contributed by atoms with Gasteiger partial charge in [-0.25, -0.2) is 0 Å². The molecule has 3 N–H and O–H groups in total. The Morgan fingerprint density at radius 2 is 1.60 bits per heavy atom. The van der Waals surface area contributed by atoms with Gasteiger partial charge in [0.05, 0.1) is 5.02 Å². The number of benzene rings is 2. The van der Waals surface area contributed by atoms with Crippen LogP contribution in [-0.2, 0) is 20.2 Å². The predicted octanol–water partition coefficient (Wildman–Crippen LogP) is 1.69. The van der Waals surface area contributed by atoms with E-state index < -0.39 is 35.8 Å². The number of fused-ring (bicyclic) bond motifs is 1. The number of rotatable bonds is 2. The van der Waals surface area contributed by atoms with Gasteiger partial charge in [-0.3, -0.25) is 9.11 Å². The summed E-state index contributed by atoms with van der Waals surface area (Å²) in [4.78, 5) is -2.45. The first-order valence-corrected chi connectivity index (χ1v) is 8.18. The molecule has 0 aliphatic carbocycles. The first kappa shape index (κ1) is 15.0. The molecule has 0 heterocycles. The molecule has 2 rings (SSSR count). The van der Waals surface area contributed by atoms with E-state index >= 15 is 0 Å². The van der Waals surface area contributed by atoms with Crippen LogP contribution in [0.4, 0.5) is 0 Å². The molecule has 0 spiro atoms. The number of phenolic OH excluding ortho intramolecular Hbond substituents is 1. The average Bonchev–Trinajstić information content (AvgIpc) is 2.25. The largest absolute Gasteiger partial charge is 0.506 e. The van der Waals surface area contributed by atoms with Crippen LogP contribution in [0.2, 0.25) is 5.02 Å². The highest BCUT2D eigenvalue weighted by molar-refractivity contribution is 7.89. The van der Waals surface area contributed by atoms with Gasteiger partial charge in [-0.2, -0.15) is 16.8 Å². The van der Waals surface area contributed by atoms with Crippen molar-refractivity contribution in [2.45, 2.75) is 9.79 Å². The quantitative estimate of drug-likeness (QED) is 0.710.